The molecule has 2 aromatic carbocycles. The molecule has 3 rings (SSSR count). The van der Waals surface area contributed by atoms with E-state index in [9.17, 15) is 16.8 Å². The van der Waals surface area contributed by atoms with Gasteiger partial charge in [-0.1, -0.05) is 31.9 Å². The molecule has 0 saturated heterocycles. The summed E-state index contributed by atoms with van der Waals surface area (Å²) in [5.74, 6) is 0.480. The highest BCUT2D eigenvalue weighted by Gasteiger charge is 2.36. The normalized spacial score (nSPS) is 14.3. The fourth-order valence-corrected chi connectivity index (χ4v) is 5.99. The zero-order chi connectivity index (χ0) is 20.1. The van der Waals surface area contributed by atoms with Gasteiger partial charge >= 0.3 is 0 Å². The van der Waals surface area contributed by atoms with Crippen LogP contribution in [0.2, 0.25) is 0 Å². The van der Waals surface area contributed by atoms with Crippen molar-refractivity contribution in [1.82, 2.24) is 0 Å². The van der Waals surface area contributed by atoms with Crippen molar-refractivity contribution in [2.45, 2.75) is 34.3 Å². The van der Waals surface area contributed by atoms with Gasteiger partial charge in [0.15, 0.2) is 19.7 Å². The van der Waals surface area contributed by atoms with Crippen LogP contribution in [-0.4, -0.2) is 33.7 Å². The Morgan fingerprint density at radius 3 is 1.67 bits per heavy atom. The second-order valence-corrected chi connectivity index (χ2v) is 12.6. The zero-order valence-corrected chi connectivity index (χ0v) is 19.9. The third kappa shape index (κ3) is 6.85. The third-order valence-electron chi connectivity index (χ3n) is 3.82. The smallest absolute Gasteiger partial charge is 0.181 e. The largest absolute Gasteiger partial charge is 0.224 e. The number of alkyl halides is 1. The average Bonchev–Trinajstić information content (AvgIpc) is 3.47. The number of hydrogen-bond acceptors (Lipinski definition) is 4. The van der Waals surface area contributed by atoms with Crippen molar-refractivity contribution in [2.24, 2.45) is 0 Å². The number of benzene rings is 2. The van der Waals surface area contributed by atoms with E-state index in [4.69, 9.17) is 11.6 Å². The van der Waals surface area contributed by atoms with Gasteiger partial charge in [0, 0.05) is 14.8 Å². The molecule has 1 aliphatic rings. The minimum Gasteiger partial charge on any atom is -0.224 e. The fraction of sp³-hybridized carbons (Fsp3) is 0.333. The molecule has 0 atom stereocenters. The number of halogens is 3. The van der Waals surface area contributed by atoms with Gasteiger partial charge in [-0.2, -0.15) is 0 Å². The first-order chi connectivity index (χ1) is 12.7. The Kier molecular flexibility index (Phi) is 8.36. The van der Waals surface area contributed by atoms with Gasteiger partial charge in [0.1, 0.15) is 0 Å². The molecule has 0 radical (unpaired) electrons. The summed E-state index contributed by atoms with van der Waals surface area (Å²) >= 11 is 12.0. The van der Waals surface area contributed by atoms with Crippen LogP contribution >= 0.6 is 43.5 Å². The van der Waals surface area contributed by atoms with Crippen LogP contribution in [0, 0.1) is 0 Å². The van der Waals surface area contributed by atoms with Crippen LogP contribution in [-0.2, 0) is 19.7 Å². The molecule has 0 amide bonds. The van der Waals surface area contributed by atoms with E-state index in [-0.39, 0.29) is 11.0 Å². The van der Waals surface area contributed by atoms with Crippen molar-refractivity contribution in [2.75, 3.05) is 11.6 Å². The molecule has 1 saturated carbocycles. The van der Waals surface area contributed by atoms with Crippen LogP contribution in [0.5, 0.6) is 0 Å². The Bertz CT molecular complexity index is 953. The van der Waals surface area contributed by atoms with Crippen LogP contribution in [0.15, 0.2) is 67.3 Å². The summed E-state index contributed by atoms with van der Waals surface area (Å²) in [6.07, 6.45) is 2.12. The lowest BCUT2D eigenvalue weighted by Crippen LogP contribution is -2.06. The van der Waals surface area contributed by atoms with E-state index >= 15 is 0 Å². The minimum absolute atomic E-state index is 0.109. The number of rotatable bonds is 6. The highest BCUT2D eigenvalue weighted by Crippen LogP contribution is 2.33. The maximum atomic E-state index is 11.7. The lowest BCUT2D eigenvalue weighted by Gasteiger charge is -2.02. The van der Waals surface area contributed by atoms with Crippen molar-refractivity contribution in [1.29, 1.82) is 0 Å². The van der Waals surface area contributed by atoms with E-state index < -0.39 is 19.7 Å². The summed E-state index contributed by atoms with van der Waals surface area (Å²) in [7, 11) is -6.15. The minimum atomic E-state index is -3.14. The van der Waals surface area contributed by atoms with E-state index in [2.05, 4.69) is 31.9 Å². The lowest BCUT2D eigenvalue weighted by atomic mass is 10.4. The Labute approximate surface area is 182 Å². The summed E-state index contributed by atoms with van der Waals surface area (Å²) in [5, 5.41) is -0.117. The molecule has 0 N–H and O–H groups in total. The fourth-order valence-electron chi connectivity index (χ4n) is 2.20. The molecule has 148 valence electrons. The molecule has 0 aromatic heterocycles. The van der Waals surface area contributed by atoms with Gasteiger partial charge in [0.25, 0.3) is 0 Å². The van der Waals surface area contributed by atoms with Gasteiger partial charge in [0.05, 0.1) is 20.8 Å². The molecule has 0 aliphatic heterocycles. The van der Waals surface area contributed by atoms with Crippen molar-refractivity contribution < 1.29 is 16.8 Å². The summed E-state index contributed by atoms with van der Waals surface area (Å²) in [4.78, 5) is 0.795. The summed E-state index contributed by atoms with van der Waals surface area (Å²) in [6.45, 7) is 0. The van der Waals surface area contributed by atoms with Crippen LogP contribution in [0.4, 0.5) is 0 Å². The lowest BCUT2D eigenvalue weighted by molar-refractivity contribution is 0.593. The molecule has 0 spiro atoms. The van der Waals surface area contributed by atoms with E-state index in [1.165, 1.54) is 0 Å². The van der Waals surface area contributed by atoms with Crippen molar-refractivity contribution in [3.63, 3.8) is 0 Å². The second-order valence-electron chi connectivity index (χ2n) is 6.01. The van der Waals surface area contributed by atoms with Crippen molar-refractivity contribution in [3.05, 3.63) is 57.5 Å². The Hall–Kier alpha value is -0.410. The first-order valence-corrected chi connectivity index (χ1v) is 13.5. The van der Waals surface area contributed by atoms with E-state index in [0.717, 1.165) is 21.8 Å². The van der Waals surface area contributed by atoms with Crippen LogP contribution < -0.4 is 0 Å². The van der Waals surface area contributed by atoms with Gasteiger partial charge in [0.2, 0.25) is 0 Å². The van der Waals surface area contributed by atoms with Crippen LogP contribution in [0.25, 0.3) is 0 Å². The topological polar surface area (TPSA) is 68.3 Å². The third-order valence-corrected chi connectivity index (χ3v) is 9.24. The monoisotopic (exact) mass is 556 g/mol. The van der Waals surface area contributed by atoms with Gasteiger partial charge < -0.3 is 0 Å². The molecule has 0 heterocycles. The number of sulfone groups is 2. The molecular weight excluding hydrogens is 540 g/mol. The van der Waals surface area contributed by atoms with Gasteiger partial charge in [-0.15, -0.1) is 11.6 Å². The molecular formula is C18H19Br2ClO4S2. The predicted molar refractivity (Wildman–Crippen MR) is 116 cm³/mol. The first-order valence-electron chi connectivity index (χ1n) is 8.20. The zero-order valence-electron chi connectivity index (χ0n) is 14.3. The summed E-state index contributed by atoms with van der Waals surface area (Å²) in [6, 6.07) is 13.4. The highest BCUT2D eigenvalue weighted by molar-refractivity contribution is 9.10. The molecule has 1 fully saturated rings. The average molecular weight is 559 g/mol. The Balaban J connectivity index is 0.000000194. The van der Waals surface area contributed by atoms with Gasteiger partial charge in [-0.25, -0.2) is 16.8 Å². The van der Waals surface area contributed by atoms with Crippen LogP contribution in [0.3, 0.4) is 0 Å². The standard InChI is InChI=1S/C9H10BrClO2S.C9H9BrO2S/c10-8-2-4-9(5-3-8)14(12,13)7-1-6-11;10-7-1-3-8(4-2-7)13(11,12)9-5-6-9/h2-5H,1,6-7H2;1-4,9H,5-6H2. The Morgan fingerprint density at radius 2 is 1.26 bits per heavy atom. The molecule has 2 aromatic rings. The van der Waals surface area contributed by atoms with Crippen LogP contribution in [0.1, 0.15) is 19.3 Å². The van der Waals surface area contributed by atoms with Crippen molar-refractivity contribution >= 4 is 63.1 Å². The molecule has 0 bridgehead atoms. The Morgan fingerprint density at radius 1 is 0.815 bits per heavy atom. The predicted octanol–water partition coefficient (Wildman–Crippen LogP) is 5.24. The van der Waals surface area contributed by atoms with E-state index in [1.807, 2.05) is 0 Å². The molecule has 27 heavy (non-hydrogen) atoms. The number of hydrogen-bond donors (Lipinski definition) is 0. The molecule has 9 heteroatoms. The molecule has 4 nitrogen and oxygen atoms in total. The quantitative estimate of drug-likeness (QED) is 0.455. The summed E-state index contributed by atoms with van der Waals surface area (Å²) < 4.78 is 48.4. The van der Waals surface area contributed by atoms with Crippen molar-refractivity contribution in [3.8, 4) is 0 Å². The van der Waals surface area contributed by atoms with E-state index in [1.54, 1.807) is 48.5 Å². The molecule has 1 aliphatic carbocycles. The second kappa shape index (κ2) is 9.87. The summed E-state index contributed by atoms with van der Waals surface area (Å²) in [5.41, 5.74) is 0. The highest BCUT2D eigenvalue weighted by atomic mass is 79.9. The van der Waals surface area contributed by atoms with Gasteiger partial charge in [-0.05, 0) is 67.8 Å². The van der Waals surface area contributed by atoms with Gasteiger partial charge in [-0.3, -0.25) is 0 Å². The maximum absolute atomic E-state index is 11.7. The maximum Gasteiger partial charge on any atom is 0.181 e. The SMILES string of the molecule is O=S(=O)(CCCCl)c1ccc(Br)cc1.O=S(=O)(c1ccc(Br)cc1)C1CC1. The molecule has 0 unspecified atom stereocenters. The van der Waals surface area contributed by atoms with E-state index in [0.29, 0.717) is 22.1 Å². The first kappa shape index (κ1) is 22.9.